The van der Waals surface area contributed by atoms with Gasteiger partial charge in [-0.2, -0.15) is 5.10 Å². The molecule has 28 heavy (non-hydrogen) atoms. The number of carbonyl (C=O) groups is 1. The molecule has 0 saturated heterocycles. The molecule has 0 saturated carbocycles. The lowest BCUT2D eigenvalue weighted by Gasteiger charge is -2.10. The van der Waals surface area contributed by atoms with E-state index in [9.17, 15) is 18.0 Å². The maximum absolute atomic E-state index is 12.4. The standard InChI is InChI=1S/C19H20N4O4S/c1-12(2)23-28(26,27)14-9-7-13(8-10-14)20-18(24)11-17-15-5-3-4-6-16(15)19(25)22-21-17/h3-10,12,23H,11H2,1-2H3,(H,20,24)(H,22,25). The second kappa shape index (κ2) is 7.91. The molecule has 3 N–H and O–H groups in total. The number of anilines is 1. The number of nitrogens with one attached hydrogen (secondary N) is 3. The highest BCUT2D eigenvalue weighted by molar-refractivity contribution is 7.89. The number of sulfonamides is 1. The summed E-state index contributed by atoms with van der Waals surface area (Å²) in [6.45, 7) is 3.47. The Labute approximate surface area is 162 Å². The summed E-state index contributed by atoms with van der Waals surface area (Å²) in [6, 6.07) is 12.6. The van der Waals surface area contributed by atoms with Gasteiger partial charge < -0.3 is 5.32 Å². The van der Waals surface area contributed by atoms with Crippen molar-refractivity contribution in [2.24, 2.45) is 0 Å². The van der Waals surface area contributed by atoms with Gasteiger partial charge in [-0.3, -0.25) is 9.59 Å². The van der Waals surface area contributed by atoms with Crippen LogP contribution < -0.4 is 15.6 Å². The summed E-state index contributed by atoms with van der Waals surface area (Å²) in [5.41, 5.74) is 0.599. The number of nitrogens with zero attached hydrogens (tertiary/aromatic N) is 1. The van der Waals surface area contributed by atoms with Crippen molar-refractivity contribution in [2.45, 2.75) is 31.2 Å². The summed E-state index contributed by atoms with van der Waals surface area (Å²) in [4.78, 5) is 24.3. The maximum Gasteiger partial charge on any atom is 0.272 e. The van der Waals surface area contributed by atoms with Crippen LogP contribution in [0.15, 0.2) is 58.2 Å². The van der Waals surface area contributed by atoms with Gasteiger partial charge in [0.15, 0.2) is 0 Å². The third kappa shape index (κ3) is 4.44. The number of H-pyrrole nitrogens is 1. The Hall–Kier alpha value is -3.04. The van der Waals surface area contributed by atoms with Crippen LogP contribution in [0.3, 0.4) is 0 Å². The summed E-state index contributed by atoms with van der Waals surface area (Å²) < 4.78 is 26.8. The van der Waals surface area contributed by atoms with Crippen molar-refractivity contribution in [3.05, 3.63) is 64.6 Å². The van der Waals surface area contributed by atoms with E-state index in [1.807, 2.05) is 0 Å². The van der Waals surface area contributed by atoms with Crippen LogP contribution in [0.4, 0.5) is 5.69 Å². The summed E-state index contributed by atoms with van der Waals surface area (Å²) >= 11 is 0. The van der Waals surface area contributed by atoms with Crippen LogP contribution in [-0.2, 0) is 21.2 Å². The molecule has 8 nitrogen and oxygen atoms in total. The molecule has 1 heterocycles. The number of fused-ring (bicyclic) bond motifs is 1. The minimum absolute atomic E-state index is 0.0355. The van der Waals surface area contributed by atoms with Gasteiger partial charge in [0.05, 0.1) is 22.4 Å². The van der Waals surface area contributed by atoms with Gasteiger partial charge in [0.2, 0.25) is 15.9 Å². The topological polar surface area (TPSA) is 121 Å². The molecule has 146 valence electrons. The van der Waals surface area contributed by atoms with Crippen molar-refractivity contribution in [3.8, 4) is 0 Å². The zero-order valence-corrected chi connectivity index (χ0v) is 16.2. The van der Waals surface area contributed by atoms with Gasteiger partial charge in [-0.15, -0.1) is 0 Å². The fraction of sp³-hybridized carbons (Fsp3) is 0.211. The Morgan fingerprint density at radius 2 is 1.71 bits per heavy atom. The molecule has 0 atom stereocenters. The molecule has 0 spiro atoms. The van der Waals surface area contributed by atoms with Crippen LogP contribution in [-0.4, -0.2) is 30.6 Å². The Bertz CT molecular complexity index is 1170. The molecule has 0 aliphatic heterocycles. The highest BCUT2D eigenvalue weighted by atomic mass is 32.2. The number of amides is 1. The van der Waals surface area contributed by atoms with E-state index in [0.29, 0.717) is 22.2 Å². The molecule has 3 rings (SSSR count). The molecule has 3 aromatic rings. The fourth-order valence-electron chi connectivity index (χ4n) is 2.76. The Balaban J connectivity index is 1.74. The number of aromatic nitrogens is 2. The van der Waals surface area contributed by atoms with Crippen LogP contribution in [0.2, 0.25) is 0 Å². The molecule has 0 bridgehead atoms. The van der Waals surface area contributed by atoms with Gasteiger partial charge in [-0.05, 0) is 44.2 Å². The Kier molecular flexibility index (Phi) is 5.57. The van der Waals surface area contributed by atoms with Crippen molar-refractivity contribution in [2.75, 3.05) is 5.32 Å². The first kappa shape index (κ1) is 19.7. The van der Waals surface area contributed by atoms with E-state index in [1.54, 1.807) is 38.1 Å². The van der Waals surface area contributed by atoms with Crippen molar-refractivity contribution < 1.29 is 13.2 Å². The number of hydrogen-bond acceptors (Lipinski definition) is 5. The SMILES string of the molecule is CC(C)NS(=O)(=O)c1ccc(NC(=O)Cc2n[nH]c(=O)c3ccccc23)cc1. The van der Waals surface area contributed by atoms with E-state index < -0.39 is 10.0 Å². The van der Waals surface area contributed by atoms with Crippen molar-refractivity contribution in [1.29, 1.82) is 0 Å². The highest BCUT2D eigenvalue weighted by Crippen LogP contribution is 2.16. The molecule has 0 radical (unpaired) electrons. The minimum Gasteiger partial charge on any atom is -0.326 e. The summed E-state index contributed by atoms with van der Waals surface area (Å²) in [7, 11) is -3.59. The van der Waals surface area contributed by atoms with E-state index in [0.717, 1.165) is 0 Å². The molecule has 9 heteroatoms. The smallest absolute Gasteiger partial charge is 0.272 e. The molecule has 2 aromatic carbocycles. The van der Waals surface area contributed by atoms with Crippen LogP contribution >= 0.6 is 0 Å². The monoisotopic (exact) mass is 400 g/mol. The largest absolute Gasteiger partial charge is 0.326 e. The van der Waals surface area contributed by atoms with Gasteiger partial charge in [0.25, 0.3) is 5.56 Å². The fourth-order valence-corrected chi connectivity index (χ4v) is 4.01. The molecule has 1 amide bonds. The molecular formula is C19H20N4O4S. The molecular weight excluding hydrogens is 380 g/mol. The Morgan fingerprint density at radius 3 is 2.36 bits per heavy atom. The lowest BCUT2D eigenvalue weighted by Crippen LogP contribution is -2.30. The normalized spacial score (nSPS) is 11.7. The number of rotatable bonds is 6. The van der Waals surface area contributed by atoms with Crippen molar-refractivity contribution in [1.82, 2.24) is 14.9 Å². The number of aromatic amines is 1. The van der Waals surface area contributed by atoms with Gasteiger partial charge in [0, 0.05) is 17.1 Å². The lowest BCUT2D eigenvalue weighted by atomic mass is 10.1. The second-order valence-electron chi connectivity index (χ2n) is 6.57. The first-order chi connectivity index (χ1) is 13.3. The Morgan fingerprint density at radius 1 is 1.07 bits per heavy atom. The minimum atomic E-state index is -3.59. The van der Waals surface area contributed by atoms with Gasteiger partial charge in [-0.1, -0.05) is 18.2 Å². The third-order valence-electron chi connectivity index (χ3n) is 3.94. The predicted molar refractivity (Wildman–Crippen MR) is 107 cm³/mol. The molecule has 1 aromatic heterocycles. The molecule has 0 aliphatic rings. The predicted octanol–water partition coefficient (Wildman–Crippen LogP) is 1.79. The number of carbonyl (C=O) groups excluding carboxylic acids is 1. The zero-order chi connectivity index (χ0) is 20.3. The van der Waals surface area contributed by atoms with E-state index >= 15 is 0 Å². The van der Waals surface area contributed by atoms with Gasteiger partial charge >= 0.3 is 0 Å². The summed E-state index contributed by atoms with van der Waals surface area (Å²) in [6.07, 6.45) is -0.0355. The zero-order valence-electron chi connectivity index (χ0n) is 15.4. The average Bonchev–Trinajstić information content (AvgIpc) is 2.64. The summed E-state index contributed by atoms with van der Waals surface area (Å²) in [5.74, 6) is -0.333. The quantitative estimate of drug-likeness (QED) is 0.582. The van der Waals surface area contributed by atoms with E-state index in [1.165, 1.54) is 24.3 Å². The molecule has 0 unspecified atom stereocenters. The van der Waals surface area contributed by atoms with Crippen molar-refractivity contribution in [3.63, 3.8) is 0 Å². The van der Waals surface area contributed by atoms with Crippen molar-refractivity contribution >= 4 is 32.4 Å². The number of hydrogen-bond donors (Lipinski definition) is 3. The molecule has 0 aliphatic carbocycles. The van der Waals surface area contributed by atoms with Crippen LogP contribution in [0.1, 0.15) is 19.5 Å². The van der Waals surface area contributed by atoms with Crippen LogP contribution in [0.25, 0.3) is 10.8 Å². The molecule has 0 fully saturated rings. The van der Waals surface area contributed by atoms with E-state index in [-0.39, 0.29) is 28.8 Å². The average molecular weight is 400 g/mol. The third-order valence-corrected chi connectivity index (χ3v) is 5.62. The van der Waals surface area contributed by atoms with Crippen LogP contribution in [0, 0.1) is 0 Å². The first-order valence-corrected chi connectivity index (χ1v) is 10.1. The summed E-state index contributed by atoms with van der Waals surface area (Å²) in [5, 5.41) is 10.2. The number of benzene rings is 2. The van der Waals surface area contributed by atoms with Gasteiger partial charge in [-0.25, -0.2) is 18.2 Å². The van der Waals surface area contributed by atoms with Gasteiger partial charge in [0.1, 0.15) is 0 Å². The lowest BCUT2D eigenvalue weighted by molar-refractivity contribution is -0.115. The van der Waals surface area contributed by atoms with Crippen LogP contribution in [0.5, 0.6) is 0 Å². The second-order valence-corrected chi connectivity index (χ2v) is 8.28. The van der Waals surface area contributed by atoms with E-state index in [2.05, 4.69) is 20.2 Å². The first-order valence-electron chi connectivity index (χ1n) is 8.65. The highest BCUT2D eigenvalue weighted by Gasteiger charge is 2.15. The van der Waals surface area contributed by atoms with E-state index in [4.69, 9.17) is 0 Å². The maximum atomic E-state index is 12.4.